The van der Waals surface area contributed by atoms with Gasteiger partial charge in [-0.05, 0) is 0 Å². The number of hydrogen-bond acceptors (Lipinski definition) is 1. The average molecular weight is 206 g/mol. The highest BCUT2D eigenvalue weighted by atomic mass is 79.9. The van der Waals surface area contributed by atoms with Crippen molar-refractivity contribution >= 4 is 15.9 Å². The maximum atomic E-state index is 12.4. The van der Waals surface area contributed by atoms with Crippen LogP contribution in [0.1, 0.15) is 5.56 Å². The van der Waals surface area contributed by atoms with Gasteiger partial charge in [-0.2, -0.15) is 0 Å². The quantitative estimate of drug-likeness (QED) is 0.692. The van der Waals surface area contributed by atoms with Crippen LogP contribution in [0.3, 0.4) is 0 Å². The molecule has 0 aliphatic rings. The molecular formula is C6H5BrFNO. The van der Waals surface area contributed by atoms with Gasteiger partial charge in [-0.25, -0.2) is 4.39 Å². The number of aromatic nitrogens is 1. The van der Waals surface area contributed by atoms with Crippen LogP contribution in [0.25, 0.3) is 0 Å². The van der Waals surface area contributed by atoms with E-state index in [2.05, 4.69) is 20.9 Å². The standard InChI is InChI=1S/C6H5BrFNO/c7-1-4-2-9-3-5(8)6(4)10/h2-3H,1H2,(H,9,10). The molecule has 0 fully saturated rings. The Morgan fingerprint density at radius 2 is 2.30 bits per heavy atom. The van der Waals surface area contributed by atoms with Crippen LogP contribution < -0.4 is 5.43 Å². The largest absolute Gasteiger partial charge is 0.365 e. The molecule has 0 bridgehead atoms. The van der Waals surface area contributed by atoms with E-state index in [0.717, 1.165) is 6.20 Å². The van der Waals surface area contributed by atoms with E-state index in [9.17, 15) is 9.18 Å². The monoisotopic (exact) mass is 205 g/mol. The molecule has 0 unspecified atom stereocenters. The van der Waals surface area contributed by atoms with Crippen molar-refractivity contribution in [3.05, 3.63) is 34.0 Å². The van der Waals surface area contributed by atoms with Crippen molar-refractivity contribution in [3.63, 3.8) is 0 Å². The number of pyridine rings is 1. The van der Waals surface area contributed by atoms with Gasteiger partial charge in [0.1, 0.15) is 0 Å². The minimum Gasteiger partial charge on any atom is -0.365 e. The number of rotatable bonds is 1. The van der Waals surface area contributed by atoms with Crippen LogP contribution in [0.15, 0.2) is 17.2 Å². The lowest BCUT2D eigenvalue weighted by atomic mass is 10.3. The molecule has 0 radical (unpaired) electrons. The zero-order chi connectivity index (χ0) is 7.56. The molecule has 0 aromatic carbocycles. The summed E-state index contributed by atoms with van der Waals surface area (Å²) in [6.07, 6.45) is 2.51. The van der Waals surface area contributed by atoms with Gasteiger partial charge in [0.15, 0.2) is 5.82 Å². The first-order chi connectivity index (χ1) is 4.75. The van der Waals surface area contributed by atoms with Crippen LogP contribution in [-0.2, 0) is 5.33 Å². The molecule has 0 aliphatic carbocycles. The fourth-order valence-corrected chi connectivity index (χ4v) is 1.02. The van der Waals surface area contributed by atoms with Gasteiger partial charge in [-0.1, -0.05) is 15.9 Å². The van der Waals surface area contributed by atoms with E-state index in [1.807, 2.05) is 0 Å². The Hall–Kier alpha value is -0.640. The summed E-state index contributed by atoms with van der Waals surface area (Å²) in [5.74, 6) is -0.739. The molecule has 0 atom stereocenters. The van der Waals surface area contributed by atoms with Gasteiger partial charge in [0, 0.05) is 23.3 Å². The number of hydrogen-bond donors (Lipinski definition) is 1. The van der Waals surface area contributed by atoms with Gasteiger partial charge in [0.25, 0.3) is 0 Å². The molecule has 1 N–H and O–H groups in total. The van der Waals surface area contributed by atoms with E-state index < -0.39 is 11.2 Å². The van der Waals surface area contributed by atoms with Crippen molar-refractivity contribution in [1.82, 2.24) is 4.98 Å². The van der Waals surface area contributed by atoms with E-state index in [1.54, 1.807) is 0 Å². The van der Waals surface area contributed by atoms with Gasteiger partial charge in [0.05, 0.1) is 0 Å². The molecule has 0 saturated heterocycles. The topological polar surface area (TPSA) is 32.9 Å². The maximum absolute atomic E-state index is 12.4. The smallest absolute Gasteiger partial charge is 0.221 e. The summed E-state index contributed by atoms with van der Waals surface area (Å²) in [7, 11) is 0. The molecule has 2 nitrogen and oxygen atoms in total. The van der Waals surface area contributed by atoms with E-state index in [1.165, 1.54) is 6.20 Å². The zero-order valence-corrected chi connectivity index (χ0v) is 6.61. The van der Waals surface area contributed by atoms with Crippen LogP contribution in [0, 0.1) is 5.82 Å². The van der Waals surface area contributed by atoms with E-state index in [4.69, 9.17) is 0 Å². The van der Waals surface area contributed by atoms with Crippen molar-refractivity contribution in [1.29, 1.82) is 0 Å². The van der Waals surface area contributed by atoms with Crippen molar-refractivity contribution in [2.45, 2.75) is 5.33 Å². The highest BCUT2D eigenvalue weighted by Crippen LogP contribution is 1.97. The minimum atomic E-state index is -0.739. The van der Waals surface area contributed by atoms with Crippen molar-refractivity contribution in [3.8, 4) is 0 Å². The third kappa shape index (κ3) is 1.26. The van der Waals surface area contributed by atoms with Gasteiger partial charge < -0.3 is 4.98 Å². The van der Waals surface area contributed by atoms with Gasteiger partial charge >= 0.3 is 0 Å². The lowest BCUT2D eigenvalue weighted by molar-refractivity contribution is 0.609. The molecule has 0 spiro atoms. The Morgan fingerprint density at radius 3 is 2.80 bits per heavy atom. The minimum absolute atomic E-state index is 0.375. The van der Waals surface area contributed by atoms with Crippen LogP contribution >= 0.6 is 15.9 Å². The first-order valence-corrected chi connectivity index (χ1v) is 3.79. The van der Waals surface area contributed by atoms with Gasteiger partial charge in [0.2, 0.25) is 5.43 Å². The van der Waals surface area contributed by atoms with Crippen LogP contribution in [0.5, 0.6) is 0 Å². The first kappa shape index (κ1) is 7.47. The molecule has 1 rings (SSSR count). The van der Waals surface area contributed by atoms with Crippen molar-refractivity contribution in [2.24, 2.45) is 0 Å². The molecule has 1 aromatic heterocycles. The molecule has 4 heteroatoms. The molecule has 1 aromatic rings. The SMILES string of the molecule is O=c1c(F)c[nH]cc1CBr. The Balaban J connectivity index is 3.28. The van der Waals surface area contributed by atoms with Crippen LogP contribution in [0.4, 0.5) is 4.39 Å². The second-order valence-electron chi connectivity index (χ2n) is 1.79. The van der Waals surface area contributed by atoms with E-state index in [-0.39, 0.29) is 0 Å². The molecule has 0 aliphatic heterocycles. The Morgan fingerprint density at radius 1 is 1.60 bits per heavy atom. The van der Waals surface area contributed by atoms with Crippen LogP contribution in [0.2, 0.25) is 0 Å². The van der Waals surface area contributed by atoms with Crippen molar-refractivity contribution < 1.29 is 4.39 Å². The average Bonchev–Trinajstić information content (AvgIpc) is 1.95. The summed E-state index contributed by atoms with van der Waals surface area (Å²) in [4.78, 5) is 13.3. The molecule has 1 heterocycles. The summed E-state index contributed by atoms with van der Waals surface area (Å²) < 4.78 is 12.4. The molecule has 54 valence electrons. The Kier molecular flexibility index (Phi) is 2.21. The normalized spacial score (nSPS) is 9.80. The summed E-state index contributed by atoms with van der Waals surface area (Å²) in [6, 6.07) is 0. The number of nitrogens with one attached hydrogen (secondary N) is 1. The maximum Gasteiger partial charge on any atom is 0.221 e. The molecule has 10 heavy (non-hydrogen) atoms. The van der Waals surface area contributed by atoms with Gasteiger partial charge in [-0.15, -0.1) is 0 Å². The predicted molar refractivity (Wildman–Crippen MR) is 39.7 cm³/mol. The van der Waals surface area contributed by atoms with Crippen LogP contribution in [-0.4, -0.2) is 4.98 Å². The zero-order valence-electron chi connectivity index (χ0n) is 5.03. The number of aromatic amines is 1. The number of alkyl halides is 1. The van der Waals surface area contributed by atoms with E-state index in [0.29, 0.717) is 10.9 Å². The molecule has 0 saturated carbocycles. The summed E-state index contributed by atoms with van der Waals surface area (Å²) in [6.45, 7) is 0. The lowest BCUT2D eigenvalue weighted by Crippen LogP contribution is -2.11. The second kappa shape index (κ2) is 2.96. The summed E-state index contributed by atoms with van der Waals surface area (Å²) in [5.41, 5.74) is -0.143. The van der Waals surface area contributed by atoms with Gasteiger partial charge in [-0.3, -0.25) is 4.79 Å². The Bertz CT molecular complexity index is 283. The fraction of sp³-hybridized carbons (Fsp3) is 0.167. The van der Waals surface area contributed by atoms with Crippen molar-refractivity contribution in [2.75, 3.05) is 0 Å². The highest BCUT2D eigenvalue weighted by Gasteiger charge is 2.00. The third-order valence-corrected chi connectivity index (χ3v) is 1.72. The lowest BCUT2D eigenvalue weighted by Gasteiger charge is -1.91. The van der Waals surface area contributed by atoms with E-state index >= 15 is 0 Å². The molecule has 0 amide bonds. The fourth-order valence-electron chi connectivity index (χ4n) is 0.599. The summed E-state index contributed by atoms with van der Waals surface area (Å²) >= 11 is 3.06. The highest BCUT2D eigenvalue weighted by molar-refractivity contribution is 9.08. The predicted octanol–water partition coefficient (Wildman–Crippen LogP) is 1.41. The second-order valence-corrected chi connectivity index (χ2v) is 2.35. The summed E-state index contributed by atoms with van der Waals surface area (Å²) in [5, 5.41) is 0.375. The number of H-pyrrole nitrogens is 1. The third-order valence-electron chi connectivity index (χ3n) is 1.12. The first-order valence-electron chi connectivity index (χ1n) is 2.67. The molecular weight excluding hydrogens is 201 g/mol. The number of halogens is 2. The Labute approximate surface area is 65.2 Å².